The first-order valence-corrected chi connectivity index (χ1v) is 8.89. The summed E-state index contributed by atoms with van der Waals surface area (Å²) in [5, 5.41) is 14.2. The van der Waals surface area contributed by atoms with Crippen molar-refractivity contribution in [3.63, 3.8) is 0 Å². The number of aromatic nitrogens is 1. The lowest BCUT2D eigenvalue weighted by Gasteiger charge is -2.20. The quantitative estimate of drug-likeness (QED) is 0.909. The SMILES string of the molecule is N#Cc1cc2ccnc(N3CC4NC(=O)OC4C3)c2cc1OCC1CC1. The van der Waals surface area contributed by atoms with E-state index in [2.05, 4.69) is 21.3 Å². The normalized spacial score (nSPS) is 24.1. The van der Waals surface area contributed by atoms with E-state index in [0.29, 0.717) is 36.9 Å². The summed E-state index contributed by atoms with van der Waals surface area (Å²) in [6.45, 7) is 1.91. The summed E-state index contributed by atoms with van der Waals surface area (Å²) in [6.07, 6.45) is 3.65. The van der Waals surface area contributed by atoms with Gasteiger partial charge in [-0.15, -0.1) is 0 Å². The van der Waals surface area contributed by atoms with Crippen molar-refractivity contribution in [1.82, 2.24) is 10.3 Å². The van der Waals surface area contributed by atoms with Gasteiger partial charge in [0.05, 0.1) is 24.8 Å². The van der Waals surface area contributed by atoms with Gasteiger partial charge in [-0.3, -0.25) is 0 Å². The maximum Gasteiger partial charge on any atom is 0.407 e. The third kappa shape index (κ3) is 2.58. The molecule has 1 aliphatic carbocycles. The lowest BCUT2D eigenvalue weighted by molar-refractivity contribution is 0.144. The zero-order chi connectivity index (χ0) is 17.7. The average Bonchev–Trinajstić information content (AvgIpc) is 3.30. The van der Waals surface area contributed by atoms with Crippen molar-refractivity contribution in [2.75, 3.05) is 24.6 Å². The molecule has 1 aromatic carbocycles. The largest absolute Gasteiger partial charge is 0.492 e. The molecule has 5 rings (SSSR count). The number of alkyl carbamates (subject to hydrolysis) is 1. The fraction of sp³-hybridized carbons (Fsp3) is 0.421. The van der Waals surface area contributed by atoms with Crippen molar-refractivity contribution in [2.24, 2.45) is 5.92 Å². The number of amides is 1. The van der Waals surface area contributed by atoms with Crippen molar-refractivity contribution in [1.29, 1.82) is 5.26 Å². The van der Waals surface area contributed by atoms with Crippen LogP contribution in [0.2, 0.25) is 0 Å². The second kappa shape index (κ2) is 5.77. The van der Waals surface area contributed by atoms with Gasteiger partial charge in [0.25, 0.3) is 0 Å². The minimum Gasteiger partial charge on any atom is -0.492 e. The smallest absolute Gasteiger partial charge is 0.407 e. The van der Waals surface area contributed by atoms with Crippen LogP contribution in [0.25, 0.3) is 10.8 Å². The summed E-state index contributed by atoms with van der Waals surface area (Å²) in [4.78, 5) is 18.0. The predicted molar refractivity (Wildman–Crippen MR) is 94.1 cm³/mol. The average molecular weight is 350 g/mol. The van der Waals surface area contributed by atoms with Crippen LogP contribution in [-0.2, 0) is 4.74 Å². The Bertz CT molecular complexity index is 918. The summed E-state index contributed by atoms with van der Waals surface area (Å²) in [5.41, 5.74) is 0.546. The number of pyridine rings is 1. The topological polar surface area (TPSA) is 87.5 Å². The molecule has 3 heterocycles. The zero-order valence-electron chi connectivity index (χ0n) is 14.1. The molecule has 0 radical (unpaired) electrons. The van der Waals surface area contributed by atoms with Gasteiger partial charge < -0.3 is 19.7 Å². The minimum atomic E-state index is -0.347. The third-order valence-electron chi connectivity index (χ3n) is 5.26. The number of ether oxygens (including phenoxy) is 2. The van der Waals surface area contributed by atoms with Crippen LogP contribution in [0, 0.1) is 17.2 Å². The molecule has 2 aromatic rings. The number of nitrogens with one attached hydrogen (secondary N) is 1. The lowest BCUT2D eigenvalue weighted by Crippen LogP contribution is -2.32. The first-order valence-electron chi connectivity index (χ1n) is 8.89. The van der Waals surface area contributed by atoms with E-state index >= 15 is 0 Å². The van der Waals surface area contributed by atoms with E-state index in [0.717, 1.165) is 16.6 Å². The molecule has 3 aliphatic rings. The number of benzene rings is 1. The molecule has 2 aliphatic heterocycles. The second-order valence-corrected chi connectivity index (χ2v) is 7.17. The maximum absolute atomic E-state index is 11.3. The van der Waals surface area contributed by atoms with E-state index < -0.39 is 0 Å². The van der Waals surface area contributed by atoms with Crippen LogP contribution in [0.5, 0.6) is 5.75 Å². The molecular formula is C19H18N4O3. The van der Waals surface area contributed by atoms with Gasteiger partial charge in [0, 0.05) is 18.1 Å². The molecule has 0 spiro atoms. The van der Waals surface area contributed by atoms with Gasteiger partial charge in [-0.2, -0.15) is 5.26 Å². The third-order valence-corrected chi connectivity index (χ3v) is 5.26. The van der Waals surface area contributed by atoms with Gasteiger partial charge >= 0.3 is 6.09 Å². The molecule has 1 amide bonds. The summed E-state index contributed by atoms with van der Waals surface area (Å²) >= 11 is 0. The van der Waals surface area contributed by atoms with Gasteiger partial charge in [-0.1, -0.05) is 0 Å². The molecule has 2 unspecified atom stereocenters. The van der Waals surface area contributed by atoms with Crippen LogP contribution < -0.4 is 15.0 Å². The summed E-state index contributed by atoms with van der Waals surface area (Å²) in [5.74, 6) is 2.06. The number of carbonyl (C=O) groups is 1. The van der Waals surface area contributed by atoms with Crippen LogP contribution in [0.3, 0.4) is 0 Å². The summed E-state index contributed by atoms with van der Waals surface area (Å²) < 4.78 is 11.2. The fourth-order valence-electron chi connectivity index (χ4n) is 3.66. The number of fused-ring (bicyclic) bond motifs is 2. The summed E-state index contributed by atoms with van der Waals surface area (Å²) in [7, 11) is 0. The van der Waals surface area contributed by atoms with Crippen molar-refractivity contribution in [3.05, 3.63) is 30.0 Å². The van der Waals surface area contributed by atoms with Crippen molar-refractivity contribution in [2.45, 2.75) is 25.0 Å². The van der Waals surface area contributed by atoms with Crippen molar-refractivity contribution in [3.8, 4) is 11.8 Å². The minimum absolute atomic E-state index is 0.0106. The molecule has 1 N–H and O–H groups in total. The van der Waals surface area contributed by atoms with Crippen molar-refractivity contribution < 1.29 is 14.3 Å². The Labute approximate surface area is 150 Å². The molecule has 132 valence electrons. The number of nitrogens with zero attached hydrogens (tertiary/aromatic N) is 3. The van der Waals surface area contributed by atoms with E-state index in [4.69, 9.17) is 9.47 Å². The van der Waals surface area contributed by atoms with Gasteiger partial charge in [-0.05, 0) is 42.3 Å². The van der Waals surface area contributed by atoms with Crippen LogP contribution >= 0.6 is 0 Å². The van der Waals surface area contributed by atoms with Crippen LogP contribution in [-0.4, -0.2) is 42.9 Å². The molecular weight excluding hydrogens is 332 g/mol. The fourth-order valence-corrected chi connectivity index (χ4v) is 3.66. The number of nitriles is 1. The molecule has 26 heavy (non-hydrogen) atoms. The molecule has 3 fully saturated rings. The number of hydrogen-bond acceptors (Lipinski definition) is 6. The highest BCUT2D eigenvalue weighted by atomic mass is 16.6. The maximum atomic E-state index is 11.3. The predicted octanol–water partition coefficient (Wildman–Crippen LogP) is 2.19. The van der Waals surface area contributed by atoms with E-state index in [1.807, 2.05) is 18.2 Å². The lowest BCUT2D eigenvalue weighted by atomic mass is 10.1. The molecule has 1 aromatic heterocycles. The Hall–Kier alpha value is -3.01. The van der Waals surface area contributed by atoms with Gasteiger partial charge in [-0.25, -0.2) is 9.78 Å². The van der Waals surface area contributed by atoms with Gasteiger partial charge in [0.2, 0.25) is 0 Å². The molecule has 2 atom stereocenters. The Balaban J connectivity index is 1.50. The second-order valence-electron chi connectivity index (χ2n) is 7.17. The van der Waals surface area contributed by atoms with Gasteiger partial charge in [0.1, 0.15) is 23.7 Å². The van der Waals surface area contributed by atoms with Crippen molar-refractivity contribution >= 4 is 22.7 Å². The first-order chi connectivity index (χ1) is 12.7. The Morgan fingerprint density at radius 2 is 2.27 bits per heavy atom. The number of hydrogen-bond donors (Lipinski definition) is 1. The highest BCUT2D eigenvalue weighted by Gasteiger charge is 2.42. The van der Waals surface area contributed by atoms with E-state index in [1.54, 1.807) is 6.20 Å². The Morgan fingerprint density at radius 3 is 3.04 bits per heavy atom. The van der Waals surface area contributed by atoms with Crippen LogP contribution in [0.1, 0.15) is 18.4 Å². The van der Waals surface area contributed by atoms with E-state index in [-0.39, 0.29) is 18.2 Å². The zero-order valence-corrected chi connectivity index (χ0v) is 14.1. The Kier molecular flexibility index (Phi) is 3.38. The highest BCUT2D eigenvalue weighted by molar-refractivity contribution is 5.94. The van der Waals surface area contributed by atoms with E-state index in [9.17, 15) is 10.1 Å². The Morgan fingerprint density at radius 1 is 1.38 bits per heavy atom. The number of rotatable bonds is 4. The first kappa shape index (κ1) is 15.3. The van der Waals surface area contributed by atoms with Crippen LogP contribution in [0.4, 0.5) is 10.6 Å². The molecule has 2 saturated heterocycles. The molecule has 0 bridgehead atoms. The molecule has 7 heteroatoms. The molecule has 7 nitrogen and oxygen atoms in total. The standard InChI is InChI=1S/C19H18N4O3/c20-7-13-5-12-3-4-21-18(14(12)6-16(13)25-10-11-1-2-11)23-8-15-17(9-23)26-19(24)22-15/h3-6,11,15,17H,1-2,8-10H2,(H,22,24). The van der Waals surface area contributed by atoms with E-state index in [1.165, 1.54) is 12.8 Å². The van der Waals surface area contributed by atoms with Crippen LogP contribution in [0.15, 0.2) is 24.4 Å². The number of anilines is 1. The number of carbonyl (C=O) groups excluding carboxylic acids is 1. The highest BCUT2D eigenvalue weighted by Crippen LogP contribution is 2.35. The molecule has 1 saturated carbocycles. The monoisotopic (exact) mass is 350 g/mol. The van der Waals surface area contributed by atoms with Gasteiger partial charge in [0.15, 0.2) is 0 Å². The summed E-state index contributed by atoms with van der Waals surface area (Å²) in [6, 6.07) is 7.91.